The molecule has 1 aromatic heterocycles. The maximum Gasteiger partial charge on any atom is 0.287 e. The SMILES string of the molecule is COCc1ccc(C(=O)NCC2(c3ccc(F)cc3)CC2)o1. The van der Waals surface area contributed by atoms with Gasteiger partial charge in [-0.3, -0.25) is 4.79 Å². The van der Waals surface area contributed by atoms with E-state index < -0.39 is 0 Å². The minimum absolute atomic E-state index is 0.0642. The third-order valence-electron chi connectivity index (χ3n) is 4.07. The second-order valence-electron chi connectivity index (χ2n) is 5.67. The standard InChI is InChI=1S/C17H18FNO3/c1-21-10-14-6-7-15(22-14)16(20)19-11-17(8-9-17)12-2-4-13(18)5-3-12/h2-7H,8-11H2,1H3,(H,19,20). The second kappa shape index (κ2) is 5.93. The molecule has 5 heteroatoms. The van der Waals surface area contributed by atoms with Crippen LogP contribution in [0.4, 0.5) is 4.39 Å². The number of ether oxygens (including phenoxy) is 1. The van der Waals surface area contributed by atoms with Crippen molar-refractivity contribution in [1.82, 2.24) is 5.32 Å². The monoisotopic (exact) mass is 303 g/mol. The minimum atomic E-state index is -0.246. The number of hydrogen-bond donors (Lipinski definition) is 1. The Hall–Kier alpha value is -2.14. The van der Waals surface area contributed by atoms with E-state index in [-0.39, 0.29) is 22.9 Å². The summed E-state index contributed by atoms with van der Waals surface area (Å²) in [4.78, 5) is 12.1. The summed E-state index contributed by atoms with van der Waals surface area (Å²) in [5, 5.41) is 2.90. The van der Waals surface area contributed by atoms with Gasteiger partial charge in [-0.05, 0) is 42.7 Å². The zero-order valence-electron chi connectivity index (χ0n) is 12.4. The zero-order chi connectivity index (χ0) is 15.6. The summed E-state index contributed by atoms with van der Waals surface area (Å²) in [5.74, 6) is 0.412. The molecule has 0 unspecified atom stereocenters. The number of nitrogens with one attached hydrogen (secondary N) is 1. The fraction of sp³-hybridized carbons (Fsp3) is 0.353. The lowest BCUT2D eigenvalue weighted by molar-refractivity contribution is 0.0913. The third-order valence-corrected chi connectivity index (χ3v) is 4.07. The van der Waals surface area contributed by atoms with Gasteiger partial charge in [-0.2, -0.15) is 0 Å². The number of hydrogen-bond acceptors (Lipinski definition) is 3. The summed E-state index contributed by atoms with van der Waals surface area (Å²) in [5.41, 5.74) is 0.999. The van der Waals surface area contributed by atoms with E-state index in [9.17, 15) is 9.18 Å². The first-order valence-corrected chi connectivity index (χ1v) is 7.25. The van der Waals surface area contributed by atoms with Crippen LogP contribution in [0.1, 0.15) is 34.7 Å². The highest BCUT2D eigenvalue weighted by Gasteiger charge is 2.44. The topological polar surface area (TPSA) is 51.5 Å². The Morgan fingerprint density at radius 1 is 1.27 bits per heavy atom. The van der Waals surface area contributed by atoms with Crippen molar-refractivity contribution in [2.24, 2.45) is 0 Å². The molecule has 1 aliphatic carbocycles. The first-order chi connectivity index (χ1) is 10.6. The number of benzene rings is 1. The van der Waals surface area contributed by atoms with Gasteiger partial charge in [-0.25, -0.2) is 4.39 Å². The number of furan rings is 1. The Morgan fingerprint density at radius 3 is 2.64 bits per heavy atom. The number of carbonyl (C=O) groups is 1. The molecule has 0 aliphatic heterocycles. The van der Waals surface area contributed by atoms with Crippen LogP contribution in [0.5, 0.6) is 0 Å². The first-order valence-electron chi connectivity index (χ1n) is 7.25. The minimum Gasteiger partial charge on any atom is -0.453 e. The third kappa shape index (κ3) is 3.04. The Labute approximate surface area is 128 Å². The van der Waals surface area contributed by atoms with Gasteiger partial charge in [0, 0.05) is 19.1 Å². The number of rotatable bonds is 6. The molecule has 4 nitrogen and oxygen atoms in total. The van der Waals surface area contributed by atoms with Gasteiger partial charge in [-0.15, -0.1) is 0 Å². The van der Waals surface area contributed by atoms with Gasteiger partial charge in [0.1, 0.15) is 18.2 Å². The lowest BCUT2D eigenvalue weighted by Crippen LogP contribution is -2.32. The molecule has 0 spiro atoms. The van der Waals surface area contributed by atoms with E-state index in [1.807, 2.05) is 0 Å². The van der Waals surface area contributed by atoms with Gasteiger partial charge >= 0.3 is 0 Å². The fourth-order valence-electron chi connectivity index (χ4n) is 2.58. The van der Waals surface area contributed by atoms with Crippen molar-refractivity contribution in [3.63, 3.8) is 0 Å². The van der Waals surface area contributed by atoms with Gasteiger partial charge in [0.25, 0.3) is 5.91 Å². The average Bonchev–Trinajstić information content (AvgIpc) is 3.17. The largest absolute Gasteiger partial charge is 0.453 e. The number of halogens is 1. The highest BCUT2D eigenvalue weighted by Crippen LogP contribution is 2.47. The molecule has 1 fully saturated rings. The summed E-state index contributed by atoms with van der Waals surface area (Å²) in [7, 11) is 1.57. The van der Waals surface area contributed by atoms with Crippen molar-refractivity contribution in [3.05, 3.63) is 59.3 Å². The highest BCUT2D eigenvalue weighted by atomic mass is 19.1. The van der Waals surface area contributed by atoms with E-state index >= 15 is 0 Å². The van der Waals surface area contributed by atoms with Crippen LogP contribution in [0.15, 0.2) is 40.8 Å². The summed E-state index contributed by atoms with van der Waals surface area (Å²) in [6.45, 7) is 0.866. The Kier molecular flexibility index (Phi) is 3.98. The summed E-state index contributed by atoms with van der Waals surface area (Å²) in [6.07, 6.45) is 1.98. The van der Waals surface area contributed by atoms with Gasteiger partial charge in [0.2, 0.25) is 0 Å². The van der Waals surface area contributed by atoms with Crippen LogP contribution in [-0.4, -0.2) is 19.6 Å². The van der Waals surface area contributed by atoms with Crippen molar-refractivity contribution < 1.29 is 18.3 Å². The average molecular weight is 303 g/mol. The molecule has 1 N–H and O–H groups in total. The summed E-state index contributed by atoms with van der Waals surface area (Å²) >= 11 is 0. The van der Waals surface area contributed by atoms with Crippen LogP contribution >= 0.6 is 0 Å². The maximum atomic E-state index is 13.0. The van der Waals surface area contributed by atoms with Crippen molar-refractivity contribution in [3.8, 4) is 0 Å². The molecule has 0 radical (unpaired) electrons. The van der Waals surface area contributed by atoms with Crippen LogP contribution in [0.25, 0.3) is 0 Å². The quantitative estimate of drug-likeness (QED) is 0.892. The Bertz CT molecular complexity index is 659. The van der Waals surface area contributed by atoms with Crippen molar-refractivity contribution >= 4 is 5.91 Å². The van der Waals surface area contributed by atoms with Crippen LogP contribution in [0.2, 0.25) is 0 Å². The predicted molar refractivity (Wildman–Crippen MR) is 79.1 cm³/mol. The molecule has 1 amide bonds. The molecular formula is C17H18FNO3. The molecule has 1 aromatic carbocycles. The molecule has 1 heterocycles. The molecule has 0 bridgehead atoms. The van der Waals surface area contributed by atoms with Crippen molar-refractivity contribution in [2.45, 2.75) is 24.9 Å². The van der Waals surface area contributed by atoms with Crippen LogP contribution in [0.3, 0.4) is 0 Å². The van der Waals surface area contributed by atoms with Gasteiger partial charge < -0.3 is 14.5 Å². The molecule has 22 heavy (non-hydrogen) atoms. The zero-order valence-corrected chi connectivity index (χ0v) is 12.4. The molecule has 2 aromatic rings. The Balaban J connectivity index is 1.61. The first kappa shape index (κ1) is 14.8. The number of carbonyl (C=O) groups excluding carboxylic acids is 1. The van der Waals surface area contributed by atoms with Gasteiger partial charge in [-0.1, -0.05) is 12.1 Å². The predicted octanol–water partition coefficient (Wildman–Crippen LogP) is 3.03. The molecule has 116 valence electrons. The number of amides is 1. The van der Waals surface area contributed by atoms with E-state index in [0.29, 0.717) is 18.9 Å². The van der Waals surface area contributed by atoms with Gasteiger partial charge in [0.05, 0.1) is 0 Å². The molecule has 1 saturated carbocycles. The molecule has 1 aliphatic rings. The van der Waals surface area contributed by atoms with E-state index in [1.165, 1.54) is 12.1 Å². The normalized spacial score (nSPS) is 15.5. The van der Waals surface area contributed by atoms with Gasteiger partial charge in [0.15, 0.2) is 5.76 Å². The Morgan fingerprint density at radius 2 is 2.00 bits per heavy atom. The van der Waals surface area contributed by atoms with Crippen molar-refractivity contribution in [1.29, 1.82) is 0 Å². The maximum absolute atomic E-state index is 13.0. The van der Waals surface area contributed by atoms with E-state index in [2.05, 4.69) is 5.32 Å². The smallest absolute Gasteiger partial charge is 0.287 e. The van der Waals surface area contributed by atoms with Crippen LogP contribution in [-0.2, 0) is 16.8 Å². The molecule has 3 rings (SSSR count). The van der Waals surface area contributed by atoms with E-state index in [1.54, 1.807) is 31.4 Å². The van der Waals surface area contributed by atoms with E-state index in [4.69, 9.17) is 9.15 Å². The summed E-state index contributed by atoms with van der Waals surface area (Å²) in [6, 6.07) is 9.87. The lowest BCUT2D eigenvalue weighted by atomic mass is 9.96. The molecule has 0 atom stereocenters. The highest BCUT2D eigenvalue weighted by molar-refractivity contribution is 5.91. The molecular weight excluding hydrogens is 285 g/mol. The lowest BCUT2D eigenvalue weighted by Gasteiger charge is -2.16. The molecule has 0 saturated heterocycles. The summed E-state index contributed by atoms with van der Waals surface area (Å²) < 4.78 is 23.4. The van der Waals surface area contributed by atoms with Crippen LogP contribution < -0.4 is 5.32 Å². The fourth-order valence-corrected chi connectivity index (χ4v) is 2.58. The number of methoxy groups -OCH3 is 1. The van der Waals surface area contributed by atoms with Crippen LogP contribution in [0, 0.1) is 5.82 Å². The van der Waals surface area contributed by atoms with E-state index in [0.717, 1.165) is 18.4 Å². The van der Waals surface area contributed by atoms with Crippen molar-refractivity contribution in [2.75, 3.05) is 13.7 Å². The second-order valence-corrected chi connectivity index (χ2v) is 5.67.